The summed E-state index contributed by atoms with van der Waals surface area (Å²) in [5.41, 5.74) is -0.887. The summed E-state index contributed by atoms with van der Waals surface area (Å²) in [6, 6.07) is 0. The molecule has 2 heteroatoms. The van der Waals surface area contributed by atoms with E-state index >= 15 is 0 Å². The largest absolute Gasteiger partial charge is 0.385 e. The van der Waals surface area contributed by atoms with Crippen LogP contribution in [0.3, 0.4) is 0 Å². The summed E-state index contributed by atoms with van der Waals surface area (Å²) in [7, 11) is 0. The molecule has 2 nitrogen and oxygen atoms in total. The lowest BCUT2D eigenvalue weighted by atomic mass is 9.76. The fraction of sp³-hybridized carbons (Fsp3) is 0.727. The van der Waals surface area contributed by atoms with E-state index in [4.69, 9.17) is 0 Å². The Morgan fingerprint density at radius 1 is 1.46 bits per heavy atom. The minimum Gasteiger partial charge on any atom is -0.385 e. The Morgan fingerprint density at radius 2 is 2.15 bits per heavy atom. The standard InChI is InChI=1S/C11H16O2/c1-2-11(13)7-10(12)8-5-3-4-6-9(8)11/h2,8-9,13H,1,3-7H2/t8-,9+,11+/m0/s1. The van der Waals surface area contributed by atoms with E-state index in [0.717, 1.165) is 25.7 Å². The topological polar surface area (TPSA) is 37.3 Å². The number of carbonyl (C=O) groups excluding carboxylic acids is 1. The van der Waals surface area contributed by atoms with E-state index in [1.54, 1.807) is 6.08 Å². The molecule has 0 bridgehead atoms. The quantitative estimate of drug-likeness (QED) is 0.623. The molecular weight excluding hydrogens is 164 g/mol. The van der Waals surface area contributed by atoms with E-state index in [-0.39, 0.29) is 17.6 Å². The molecule has 0 aromatic heterocycles. The van der Waals surface area contributed by atoms with Gasteiger partial charge in [-0.25, -0.2) is 0 Å². The summed E-state index contributed by atoms with van der Waals surface area (Å²) in [5, 5.41) is 10.1. The predicted molar refractivity (Wildman–Crippen MR) is 50.2 cm³/mol. The van der Waals surface area contributed by atoms with Crippen LogP contribution >= 0.6 is 0 Å². The molecule has 0 aromatic carbocycles. The predicted octanol–water partition coefficient (Wildman–Crippen LogP) is 1.68. The summed E-state index contributed by atoms with van der Waals surface area (Å²) < 4.78 is 0. The SMILES string of the molecule is C=C[C@@]1(O)CC(=O)[C@H]2CCCC[C@H]21. The molecule has 2 saturated carbocycles. The Labute approximate surface area is 78.6 Å². The highest BCUT2D eigenvalue weighted by molar-refractivity contribution is 5.85. The van der Waals surface area contributed by atoms with Crippen molar-refractivity contribution in [3.63, 3.8) is 0 Å². The monoisotopic (exact) mass is 180 g/mol. The van der Waals surface area contributed by atoms with Crippen LogP contribution in [0.15, 0.2) is 12.7 Å². The number of fused-ring (bicyclic) bond motifs is 1. The maximum atomic E-state index is 11.6. The van der Waals surface area contributed by atoms with E-state index < -0.39 is 5.60 Å². The Hall–Kier alpha value is -0.630. The van der Waals surface area contributed by atoms with Crippen molar-refractivity contribution in [2.24, 2.45) is 11.8 Å². The molecule has 0 radical (unpaired) electrons. The van der Waals surface area contributed by atoms with Crippen molar-refractivity contribution >= 4 is 5.78 Å². The molecule has 2 rings (SSSR count). The van der Waals surface area contributed by atoms with E-state index in [1.165, 1.54) is 0 Å². The Balaban J connectivity index is 2.26. The van der Waals surface area contributed by atoms with Crippen molar-refractivity contribution in [3.8, 4) is 0 Å². The Kier molecular flexibility index (Phi) is 2.03. The van der Waals surface area contributed by atoms with Gasteiger partial charge in [-0.15, -0.1) is 6.58 Å². The fourth-order valence-electron chi connectivity index (χ4n) is 2.88. The summed E-state index contributed by atoms with van der Waals surface area (Å²) in [6.45, 7) is 3.64. The zero-order valence-corrected chi connectivity index (χ0v) is 7.83. The van der Waals surface area contributed by atoms with Gasteiger partial charge in [-0.1, -0.05) is 18.9 Å². The maximum Gasteiger partial charge on any atom is 0.139 e. The van der Waals surface area contributed by atoms with Crippen LogP contribution in [0.25, 0.3) is 0 Å². The summed E-state index contributed by atoms with van der Waals surface area (Å²) in [6.07, 6.45) is 6.11. The zero-order chi connectivity index (χ0) is 9.47. The average Bonchev–Trinajstić information content (AvgIpc) is 2.42. The van der Waals surface area contributed by atoms with Crippen molar-refractivity contribution in [2.75, 3.05) is 0 Å². The van der Waals surface area contributed by atoms with E-state index in [0.29, 0.717) is 6.42 Å². The van der Waals surface area contributed by atoms with Gasteiger partial charge >= 0.3 is 0 Å². The van der Waals surface area contributed by atoms with Crippen molar-refractivity contribution < 1.29 is 9.90 Å². The van der Waals surface area contributed by atoms with E-state index in [1.807, 2.05) is 0 Å². The van der Waals surface area contributed by atoms with Crippen LogP contribution < -0.4 is 0 Å². The molecular formula is C11H16O2. The first kappa shape index (κ1) is 8.95. The second-order valence-electron chi connectivity index (χ2n) is 4.34. The number of carbonyl (C=O) groups is 1. The number of rotatable bonds is 1. The third kappa shape index (κ3) is 1.24. The van der Waals surface area contributed by atoms with E-state index in [2.05, 4.69) is 6.58 Å². The van der Waals surface area contributed by atoms with Gasteiger partial charge in [0, 0.05) is 18.3 Å². The van der Waals surface area contributed by atoms with Gasteiger partial charge in [0.1, 0.15) is 5.78 Å². The van der Waals surface area contributed by atoms with Crippen LogP contribution in [0.5, 0.6) is 0 Å². The lowest BCUT2D eigenvalue weighted by molar-refractivity contribution is -0.122. The highest BCUT2D eigenvalue weighted by Gasteiger charge is 2.50. The Bertz CT molecular complexity index is 246. The maximum absolute atomic E-state index is 11.6. The summed E-state index contributed by atoms with van der Waals surface area (Å²) in [5.74, 6) is 0.523. The van der Waals surface area contributed by atoms with Crippen molar-refractivity contribution in [1.82, 2.24) is 0 Å². The zero-order valence-electron chi connectivity index (χ0n) is 7.83. The molecule has 72 valence electrons. The first-order valence-corrected chi connectivity index (χ1v) is 5.06. The van der Waals surface area contributed by atoms with Gasteiger partial charge in [0.15, 0.2) is 0 Å². The third-order valence-electron chi connectivity index (χ3n) is 3.63. The number of ketones is 1. The molecule has 2 fully saturated rings. The molecule has 2 aliphatic rings. The van der Waals surface area contributed by atoms with Gasteiger partial charge in [-0.3, -0.25) is 4.79 Å². The van der Waals surface area contributed by atoms with Crippen molar-refractivity contribution in [3.05, 3.63) is 12.7 Å². The molecule has 0 amide bonds. The van der Waals surface area contributed by atoms with Gasteiger partial charge in [-0.05, 0) is 12.8 Å². The molecule has 2 aliphatic carbocycles. The number of hydrogen-bond acceptors (Lipinski definition) is 2. The summed E-state index contributed by atoms with van der Waals surface area (Å²) in [4.78, 5) is 11.6. The second kappa shape index (κ2) is 2.95. The minimum absolute atomic E-state index is 0.122. The second-order valence-corrected chi connectivity index (χ2v) is 4.34. The minimum atomic E-state index is -0.887. The third-order valence-corrected chi connectivity index (χ3v) is 3.63. The Morgan fingerprint density at radius 3 is 2.85 bits per heavy atom. The first-order chi connectivity index (χ1) is 6.17. The van der Waals surface area contributed by atoms with Gasteiger partial charge in [0.05, 0.1) is 5.60 Å². The van der Waals surface area contributed by atoms with Crippen LogP contribution in [0, 0.1) is 11.8 Å². The highest BCUT2D eigenvalue weighted by atomic mass is 16.3. The number of Topliss-reactive ketones (excluding diaryl/α,β-unsaturated/α-hetero) is 1. The first-order valence-electron chi connectivity index (χ1n) is 5.06. The lowest BCUT2D eigenvalue weighted by Crippen LogP contribution is -2.34. The van der Waals surface area contributed by atoms with Gasteiger partial charge in [0.25, 0.3) is 0 Å². The molecule has 1 N–H and O–H groups in total. The molecule has 0 heterocycles. The molecule has 0 unspecified atom stereocenters. The van der Waals surface area contributed by atoms with Crippen LogP contribution in [-0.4, -0.2) is 16.5 Å². The van der Waals surface area contributed by atoms with E-state index in [9.17, 15) is 9.90 Å². The van der Waals surface area contributed by atoms with Gasteiger partial charge in [-0.2, -0.15) is 0 Å². The lowest BCUT2D eigenvalue weighted by Gasteiger charge is -2.32. The number of hydrogen-bond donors (Lipinski definition) is 1. The van der Waals surface area contributed by atoms with Gasteiger partial charge < -0.3 is 5.11 Å². The van der Waals surface area contributed by atoms with Crippen LogP contribution in [0.2, 0.25) is 0 Å². The highest BCUT2D eigenvalue weighted by Crippen LogP contribution is 2.46. The molecule has 0 aliphatic heterocycles. The van der Waals surface area contributed by atoms with Crippen molar-refractivity contribution in [1.29, 1.82) is 0 Å². The van der Waals surface area contributed by atoms with Crippen LogP contribution in [0.4, 0.5) is 0 Å². The van der Waals surface area contributed by atoms with Gasteiger partial charge in [0.2, 0.25) is 0 Å². The van der Waals surface area contributed by atoms with Crippen LogP contribution in [-0.2, 0) is 4.79 Å². The average molecular weight is 180 g/mol. The summed E-state index contributed by atoms with van der Waals surface area (Å²) >= 11 is 0. The number of aliphatic hydroxyl groups is 1. The molecule has 3 atom stereocenters. The molecule has 0 saturated heterocycles. The van der Waals surface area contributed by atoms with Crippen molar-refractivity contribution in [2.45, 2.75) is 37.7 Å². The molecule has 0 spiro atoms. The molecule has 0 aromatic rings. The normalized spacial score (nSPS) is 44.5. The fourth-order valence-corrected chi connectivity index (χ4v) is 2.88. The molecule has 13 heavy (non-hydrogen) atoms. The smallest absolute Gasteiger partial charge is 0.139 e. The van der Waals surface area contributed by atoms with Crippen LogP contribution in [0.1, 0.15) is 32.1 Å².